The molecule has 0 aromatic carbocycles. The summed E-state index contributed by atoms with van der Waals surface area (Å²) in [6.07, 6.45) is 0. The summed E-state index contributed by atoms with van der Waals surface area (Å²) in [6.45, 7) is 9.82. The molecule has 0 fully saturated rings. The number of hydrogen-bond donors (Lipinski definition) is 3. The third-order valence-corrected chi connectivity index (χ3v) is 2.05. The number of urea groups is 1. The van der Waals surface area contributed by atoms with E-state index in [1.165, 1.54) is 0 Å². The van der Waals surface area contributed by atoms with Crippen LogP contribution in [0.2, 0.25) is 0 Å². The average Bonchev–Trinajstić information content (AvgIpc) is 2.10. The van der Waals surface area contributed by atoms with Crippen molar-refractivity contribution >= 4 is 12.0 Å². The molecular weight excluding hydrogens is 208 g/mol. The number of hydrogen-bond acceptors (Lipinski definition) is 2. The first-order chi connectivity index (χ1) is 7.04. The Bertz CT molecular complexity index is 267. The second-order valence-electron chi connectivity index (χ2n) is 5.79. The molecule has 0 aromatic rings. The van der Waals surface area contributed by atoms with Crippen molar-refractivity contribution in [2.45, 2.75) is 34.6 Å². The monoisotopic (exact) mass is 230 g/mol. The summed E-state index contributed by atoms with van der Waals surface area (Å²) in [5, 5.41) is 14.1. The van der Waals surface area contributed by atoms with Gasteiger partial charge in [0.25, 0.3) is 0 Å². The van der Waals surface area contributed by atoms with E-state index < -0.39 is 11.4 Å². The molecular formula is C11H22N2O3. The van der Waals surface area contributed by atoms with Crippen molar-refractivity contribution in [3.63, 3.8) is 0 Å². The van der Waals surface area contributed by atoms with Gasteiger partial charge in [-0.3, -0.25) is 4.79 Å². The van der Waals surface area contributed by atoms with Gasteiger partial charge in [-0.2, -0.15) is 0 Å². The van der Waals surface area contributed by atoms with Gasteiger partial charge < -0.3 is 15.7 Å². The second kappa shape index (κ2) is 5.18. The quantitative estimate of drug-likeness (QED) is 0.684. The molecule has 2 amide bonds. The van der Waals surface area contributed by atoms with E-state index in [2.05, 4.69) is 10.6 Å². The lowest BCUT2D eigenvalue weighted by Gasteiger charge is -2.22. The first-order valence-corrected chi connectivity index (χ1v) is 5.30. The van der Waals surface area contributed by atoms with Crippen molar-refractivity contribution in [2.75, 3.05) is 13.1 Å². The topological polar surface area (TPSA) is 78.4 Å². The lowest BCUT2D eigenvalue weighted by atomic mass is 9.94. The van der Waals surface area contributed by atoms with E-state index in [9.17, 15) is 9.59 Å². The van der Waals surface area contributed by atoms with Crippen LogP contribution >= 0.6 is 0 Å². The Morgan fingerprint density at radius 3 is 1.81 bits per heavy atom. The minimum atomic E-state index is -0.945. The molecule has 0 atom stereocenters. The summed E-state index contributed by atoms with van der Waals surface area (Å²) < 4.78 is 0. The number of aliphatic carboxylic acids is 1. The van der Waals surface area contributed by atoms with Crippen LogP contribution in [0.1, 0.15) is 34.6 Å². The summed E-state index contributed by atoms with van der Waals surface area (Å²) >= 11 is 0. The fraction of sp³-hybridized carbons (Fsp3) is 0.818. The number of amides is 2. The molecule has 3 N–H and O–H groups in total. The summed E-state index contributed by atoms with van der Waals surface area (Å²) in [5.41, 5.74) is -0.932. The van der Waals surface area contributed by atoms with Gasteiger partial charge in [0.05, 0.1) is 5.41 Å². The highest BCUT2D eigenvalue weighted by Crippen LogP contribution is 2.13. The number of carboxylic acids is 1. The molecule has 16 heavy (non-hydrogen) atoms. The molecule has 0 radical (unpaired) electrons. The Labute approximate surface area is 96.6 Å². The molecule has 0 saturated heterocycles. The van der Waals surface area contributed by atoms with E-state index in [1.54, 1.807) is 13.8 Å². The van der Waals surface area contributed by atoms with Crippen LogP contribution in [0.25, 0.3) is 0 Å². The minimum Gasteiger partial charge on any atom is -0.481 e. The molecule has 94 valence electrons. The third-order valence-electron chi connectivity index (χ3n) is 2.05. The zero-order chi connectivity index (χ0) is 13.0. The van der Waals surface area contributed by atoms with Crippen LogP contribution in [0, 0.1) is 10.8 Å². The van der Waals surface area contributed by atoms with Crippen LogP contribution in [-0.2, 0) is 4.79 Å². The first kappa shape index (κ1) is 14.7. The smallest absolute Gasteiger partial charge is 0.314 e. The third kappa shape index (κ3) is 6.27. The van der Waals surface area contributed by atoms with Gasteiger partial charge in [0.1, 0.15) is 0 Å². The summed E-state index contributed by atoms with van der Waals surface area (Å²) in [4.78, 5) is 22.1. The number of carboxylic acid groups (broad SMARTS) is 1. The van der Waals surface area contributed by atoms with Gasteiger partial charge in [-0.15, -0.1) is 0 Å². The van der Waals surface area contributed by atoms with Crippen molar-refractivity contribution < 1.29 is 14.7 Å². The van der Waals surface area contributed by atoms with Gasteiger partial charge in [-0.1, -0.05) is 20.8 Å². The predicted molar refractivity (Wildman–Crippen MR) is 62.3 cm³/mol. The van der Waals surface area contributed by atoms with Crippen molar-refractivity contribution in [1.82, 2.24) is 10.6 Å². The molecule has 0 spiro atoms. The van der Waals surface area contributed by atoms with Gasteiger partial charge in [0, 0.05) is 13.1 Å². The zero-order valence-electron chi connectivity index (χ0n) is 10.7. The lowest BCUT2D eigenvalue weighted by molar-refractivity contribution is -0.146. The van der Waals surface area contributed by atoms with Gasteiger partial charge in [0.15, 0.2) is 0 Å². The van der Waals surface area contributed by atoms with Crippen molar-refractivity contribution in [1.29, 1.82) is 0 Å². The molecule has 0 aromatic heterocycles. The van der Waals surface area contributed by atoms with Crippen molar-refractivity contribution in [2.24, 2.45) is 10.8 Å². The van der Waals surface area contributed by atoms with Gasteiger partial charge in [-0.05, 0) is 19.3 Å². The molecule has 0 aliphatic rings. The molecule has 0 heterocycles. The van der Waals surface area contributed by atoms with E-state index >= 15 is 0 Å². The van der Waals surface area contributed by atoms with Crippen LogP contribution < -0.4 is 10.6 Å². The predicted octanol–water partition coefficient (Wildman–Crippen LogP) is 1.44. The first-order valence-electron chi connectivity index (χ1n) is 5.30. The van der Waals surface area contributed by atoms with Crippen molar-refractivity contribution in [3.8, 4) is 0 Å². The summed E-state index contributed by atoms with van der Waals surface area (Å²) in [5.74, 6) is -0.927. The van der Waals surface area contributed by atoms with E-state index in [-0.39, 0.29) is 18.0 Å². The Morgan fingerprint density at radius 2 is 1.44 bits per heavy atom. The average molecular weight is 230 g/mol. The molecule has 0 bridgehead atoms. The number of nitrogens with one attached hydrogen (secondary N) is 2. The summed E-state index contributed by atoms with van der Waals surface area (Å²) in [7, 11) is 0. The fourth-order valence-corrected chi connectivity index (χ4v) is 0.785. The molecule has 0 aliphatic heterocycles. The maximum atomic E-state index is 11.3. The van der Waals surface area contributed by atoms with Gasteiger partial charge >= 0.3 is 12.0 Å². The normalized spacial score (nSPS) is 12.1. The van der Waals surface area contributed by atoms with E-state index in [0.29, 0.717) is 6.54 Å². The van der Waals surface area contributed by atoms with Crippen LogP contribution in [-0.4, -0.2) is 30.2 Å². The fourth-order valence-electron chi connectivity index (χ4n) is 0.785. The van der Waals surface area contributed by atoms with Gasteiger partial charge in [0.2, 0.25) is 0 Å². The molecule has 0 aliphatic carbocycles. The standard InChI is InChI=1S/C11H22N2O3/c1-10(2,3)6-12-9(16)13-7-11(4,5)8(14)15/h6-7H2,1-5H3,(H,14,15)(H2,12,13,16). The number of carbonyl (C=O) groups excluding carboxylic acids is 1. The Morgan fingerprint density at radius 1 is 1.00 bits per heavy atom. The highest BCUT2D eigenvalue weighted by Gasteiger charge is 2.27. The number of rotatable bonds is 4. The largest absolute Gasteiger partial charge is 0.481 e. The maximum absolute atomic E-state index is 11.3. The number of carbonyl (C=O) groups is 2. The van der Waals surface area contributed by atoms with Crippen LogP contribution in [0.3, 0.4) is 0 Å². The van der Waals surface area contributed by atoms with Crippen molar-refractivity contribution in [3.05, 3.63) is 0 Å². The Hall–Kier alpha value is -1.26. The second-order valence-corrected chi connectivity index (χ2v) is 5.79. The molecule has 5 nitrogen and oxygen atoms in total. The lowest BCUT2D eigenvalue weighted by Crippen LogP contribution is -2.45. The molecule has 0 saturated carbocycles. The highest BCUT2D eigenvalue weighted by atomic mass is 16.4. The summed E-state index contributed by atoms with van der Waals surface area (Å²) in [6, 6.07) is -0.329. The van der Waals surface area contributed by atoms with E-state index in [1.807, 2.05) is 20.8 Å². The molecule has 5 heteroatoms. The minimum absolute atomic E-state index is 0.0135. The van der Waals surface area contributed by atoms with Crippen LogP contribution in [0.4, 0.5) is 4.79 Å². The van der Waals surface area contributed by atoms with E-state index in [0.717, 1.165) is 0 Å². The molecule has 0 rings (SSSR count). The Balaban J connectivity index is 3.96. The van der Waals surface area contributed by atoms with Gasteiger partial charge in [-0.25, -0.2) is 4.79 Å². The highest BCUT2D eigenvalue weighted by molar-refractivity contribution is 5.77. The Kier molecular flexibility index (Phi) is 4.78. The zero-order valence-corrected chi connectivity index (χ0v) is 10.7. The van der Waals surface area contributed by atoms with Crippen LogP contribution in [0.5, 0.6) is 0 Å². The van der Waals surface area contributed by atoms with Crippen LogP contribution in [0.15, 0.2) is 0 Å². The van der Waals surface area contributed by atoms with E-state index in [4.69, 9.17) is 5.11 Å². The molecule has 0 unspecified atom stereocenters. The SMILES string of the molecule is CC(C)(C)CNC(=O)NCC(C)(C)C(=O)O. The maximum Gasteiger partial charge on any atom is 0.314 e.